The summed E-state index contributed by atoms with van der Waals surface area (Å²) in [7, 11) is 0. The Morgan fingerprint density at radius 1 is 1.16 bits per heavy atom. The second-order valence-electron chi connectivity index (χ2n) is 7.39. The van der Waals surface area contributed by atoms with Crippen molar-refractivity contribution in [1.29, 1.82) is 0 Å². The first-order valence-electron chi connectivity index (χ1n) is 9.31. The van der Waals surface area contributed by atoms with E-state index < -0.39 is 0 Å². The van der Waals surface area contributed by atoms with Gasteiger partial charge in [0, 0.05) is 49.8 Å². The third-order valence-electron chi connectivity index (χ3n) is 5.25. The van der Waals surface area contributed by atoms with Crippen molar-refractivity contribution in [1.82, 2.24) is 25.0 Å². The highest BCUT2D eigenvalue weighted by atomic mass is 16.5. The fraction of sp³-hybridized carbons (Fsp3) is 0.667. The summed E-state index contributed by atoms with van der Waals surface area (Å²) < 4.78 is 5.36. The zero-order chi connectivity index (χ0) is 17.2. The summed E-state index contributed by atoms with van der Waals surface area (Å²) in [6, 6.07) is 2.19. The first-order chi connectivity index (χ1) is 12.2. The molecule has 4 rings (SSSR count). The number of aromatic nitrogens is 4. The van der Waals surface area contributed by atoms with Crippen molar-refractivity contribution in [2.75, 3.05) is 31.1 Å². The van der Waals surface area contributed by atoms with Gasteiger partial charge in [-0.3, -0.25) is 4.90 Å². The largest absolute Gasteiger partial charge is 0.354 e. The van der Waals surface area contributed by atoms with Gasteiger partial charge in [0.05, 0.1) is 6.54 Å². The summed E-state index contributed by atoms with van der Waals surface area (Å²) in [5.41, 5.74) is 1.21. The maximum Gasteiger partial charge on any atom is 0.240 e. The minimum Gasteiger partial charge on any atom is -0.354 e. The average Bonchev–Trinajstić information content (AvgIpc) is 3.03. The quantitative estimate of drug-likeness (QED) is 0.827. The summed E-state index contributed by atoms with van der Waals surface area (Å²) in [6.45, 7) is 8.76. The summed E-state index contributed by atoms with van der Waals surface area (Å²) >= 11 is 0. The van der Waals surface area contributed by atoms with Crippen molar-refractivity contribution in [3.8, 4) is 0 Å². The Hall–Kier alpha value is -2.02. The molecule has 0 amide bonds. The van der Waals surface area contributed by atoms with Gasteiger partial charge >= 0.3 is 0 Å². The molecule has 0 unspecified atom stereocenters. The molecule has 0 spiro atoms. The Kier molecular flexibility index (Phi) is 4.65. The van der Waals surface area contributed by atoms with Gasteiger partial charge in [0.25, 0.3) is 0 Å². The molecule has 2 aromatic rings. The lowest BCUT2D eigenvalue weighted by Crippen LogP contribution is -2.46. The Morgan fingerprint density at radius 2 is 1.96 bits per heavy atom. The molecule has 1 aliphatic heterocycles. The van der Waals surface area contributed by atoms with Crippen LogP contribution in [0.15, 0.2) is 16.9 Å². The Labute approximate surface area is 148 Å². The third-order valence-corrected chi connectivity index (χ3v) is 5.25. The molecule has 3 heterocycles. The number of anilines is 1. The lowest BCUT2D eigenvalue weighted by atomic mass is 9.83. The minimum absolute atomic E-state index is 0.303. The van der Waals surface area contributed by atoms with Gasteiger partial charge in [-0.25, -0.2) is 9.97 Å². The summed E-state index contributed by atoms with van der Waals surface area (Å²) in [4.78, 5) is 18.2. The molecule has 1 saturated heterocycles. The number of rotatable bonds is 5. The first kappa shape index (κ1) is 16.4. The molecule has 0 aromatic carbocycles. The molecular weight excluding hydrogens is 316 g/mol. The van der Waals surface area contributed by atoms with E-state index in [2.05, 4.69) is 49.8 Å². The SMILES string of the molecule is CC(C)c1noc(CN2CCN(c3cc(C4CCC4)ncn3)CC2)n1. The summed E-state index contributed by atoms with van der Waals surface area (Å²) in [5, 5.41) is 4.04. The monoisotopic (exact) mass is 342 g/mol. The highest BCUT2D eigenvalue weighted by Gasteiger charge is 2.24. The number of hydrogen-bond donors (Lipinski definition) is 0. The van der Waals surface area contributed by atoms with Crippen molar-refractivity contribution in [2.45, 2.75) is 51.5 Å². The van der Waals surface area contributed by atoms with Crippen molar-refractivity contribution in [3.05, 3.63) is 29.8 Å². The van der Waals surface area contributed by atoms with Gasteiger partial charge in [0.1, 0.15) is 12.1 Å². The van der Waals surface area contributed by atoms with Gasteiger partial charge < -0.3 is 9.42 Å². The molecule has 0 N–H and O–H groups in total. The molecule has 7 heteroatoms. The molecule has 0 atom stereocenters. The summed E-state index contributed by atoms with van der Waals surface area (Å²) in [5.74, 6) is 3.52. The molecule has 2 aromatic heterocycles. The Balaban J connectivity index is 1.33. The second kappa shape index (κ2) is 7.07. The second-order valence-corrected chi connectivity index (χ2v) is 7.39. The van der Waals surface area contributed by atoms with Gasteiger partial charge in [0.15, 0.2) is 5.82 Å². The minimum atomic E-state index is 0.303. The normalized spacial score (nSPS) is 19.4. The van der Waals surface area contributed by atoms with E-state index in [0.29, 0.717) is 17.7 Å². The number of nitrogens with zero attached hydrogens (tertiary/aromatic N) is 6. The van der Waals surface area contributed by atoms with Crippen LogP contribution in [0.5, 0.6) is 0 Å². The molecule has 0 bridgehead atoms. The van der Waals surface area contributed by atoms with Gasteiger partial charge in [0.2, 0.25) is 5.89 Å². The van der Waals surface area contributed by atoms with Crippen LogP contribution >= 0.6 is 0 Å². The van der Waals surface area contributed by atoms with E-state index in [1.54, 1.807) is 6.33 Å². The van der Waals surface area contributed by atoms with E-state index in [-0.39, 0.29) is 0 Å². The van der Waals surface area contributed by atoms with E-state index in [1.165, 1.54) is 25.0 Å². The predicted octanol–water partition coefficient (Wildman–Crippen LogP) is 2.57. The molecular formula is C18H26N6O. The van der Waals surface area contributed by atoms with Crippen LogP contribution in [0.1, 0.15) is 62.4 Å². The molecule has 25 heavy (non-hydrogen) atoms. The molecule has 7 nitrogen and oxygen atoms in total. The first-order valence-corrected chi connectivity index (χ1v) is 9.31. The van der Waals surface area contributed by atoms with Crippen molar-refractivity contribution < 1.29 is 4.52 Å². The van der Waals surface area contributed by atoms with Crippen LogP contribution in [-0.4, -0.2) is 51.2 Å². The molecule has 1 aliphatic carbocycles. The van der Waals surface area contributed by atoms with Crippen LogP contribution in [0.2, 0.25) is 0 Å². The Morgan fingerprint density at radius 3 is 2.60 bits per heavy atom. The predicted molar refractivity (Wildman–Crippen MR) is 94.5 cm³/mol. The van der Waals surface area contributed by atoms with Crippen LogP contribution in [0.3, 0.4) is 0 Å². The maximum atomic E-state index is 5.36. The fourth-order valence-corrected chi connectivity index (χ4v) is 3.35. The number of piperazine rings is 1. The van der Waals surface area contributed by atoms with Crippen molar-refractivity contribution in [2.24, 2.45) is 0 Å². The standard InChI is InChI=1S/C18H26N6O/c1-13(2)18-21-17(25-22-18)11-23-6-8-24(9-7-23)16-10-15(19-12-20-16)14-4-3-5-14/h10,12-14H,3-9,11H2,1-2H3. The van der Waals surface area contributed by atoms with Gasteiger partial charge in [-0.2, -0.15) is 4.98 Å². The van der Waals surface area contributed by atoms with Crippen molar-refractivity contribution >= 4 is 5.82 Å². The lowest BCUT2D eigenvalue weighted by molar-refractivity contribution is 0.215. The van der Waals surface area contributed by atoms with Crippen LogP contribution in [0, 0.1) is 0 Å². The van der Waals surface area contributed by atoms with Crippen LogP contribution in [-0.2, 0) is 6.54 Å². The highest BCUT2D eigenvalue weighted by Crippen LogP contribution is 2.35. The third kappa shape index (κ3) is 3.66. The molecule has 2 aliphatic rings. The van der Waals surface area contributed by atoms with Gasteiger partial charge in [-0.1, -0.05) is 25.4 Å². The van der Waals surface area contributed by atoms with E-state index in [4.69, 9.17) is 4.52 Å². The maximum absolute atomic E-state index is 5.36. The van der Waals surface area contributed by atoms with Crippen molar-refractivity contribution in [3.63, 3.8) is 0 Å². The van der Waals surface area contributed by atoms with Crippen LogP contribution < -0.4 is 4.90 Å². The molecule has 1 saturated carbocycles. The average molecular weight is 342 g/mol. The zero-order valence-electron chi connectivity index (χ0n) is 15.1. The van der Waals surface area contributed by atoms with Gasteiger partial charge in [-0.15, -0.1) is 0 Å². The highest BCUT2D eigenvalue weighted by molar-refractivity contribution is 5.40. The fourth-order valence-electron chi connectivity index (χ4n) is 3.35. The molecule has 2 fully saturated rings. The van der Waals surface area contributed by atoms with E-state index >= 15 is 0 Å². The smallest absolute Gasteiger partial charge is 0.240 e. The molecule has 134 valence electrons. The molecule has 0 radical (unpaired) electrons. The van der Waals surface area contributed by atoms with Gasteiger partial charge in [-0.05, 0) is 12.8 Å². The van der Waals surface area contributed by atoms with E-state index in [0.717, 1.165) is 44.4 Å². The summed E-state index contributed by atoms with van der Waals surface area (Å²) in [6.07, 6.45) is 5.59. The lowest BCUT2D eigenvalue weighted by Gasteiger charge is -2.35. The van der Waals surface area contributed by atoms with E-state index in [1.807, 2.05) is 0 Å². The zero-order valence-corrected chi connectivity index (χ0v) is 15.1. The Bertz CT molecular complexity index is 703. The number of hydrogen-bond acceptors (Lipinski definition) is 7. The topological polar surface area (TPSA) is 71.2 Å². The van der Waals surface area contributed by atoms with E-state index in [9.17, 15) is 0 Å². The van der Waals surface area contributed by atoms with Crippen LogP contribution in [0.4, 0.5) is 5.82 Å². The van der Waals surface area contributed by atoms with Crippen LogP contribution in [0.25, 0.3) is 0 Å².